The molecule has 2 aromatic rings. The van der Waals surface area contributed by atoms with Crippen LogP contribution in [0.2, 0.25) is 0 Å². The molecule has 1 saturated heterocycles. The SMILES string of the molecule is Cc1nc(N2CCOCC2)sc1C(=O)NNC(=O)CCCc1ccc(Br)s1. The van der Waals surface area contributed by atoms with Crippen molar-refractivity contribution in [2.45, 2.75) is 26.2 Å². The first-order chi connectivity index (χ1) is 13.0. The van der Waals surface area contributed by atoms with Crippen molar-refractivity contribution < 1.29 is 14.3 Å². The number of thiophene rings is 1. The molecule has 1 aliphatic rings. The number of halogens is 1. The number of hydrogen-bond acceptors (Lipinski definition) is 7. The van der Waals surface area contributed by atoms with Crippen LogP contribution in [0.25, 0.3) is 0 Å². The van der Waals surface area contributed by atoms with Crippen molar-refractivity contribution in [1.82, 2.24) is 15.8 Å². The number of carbonyl (C=O) groups is 2. The molecule has 0 atom stereocenters. The Bertz CT molecular complexity index is 802. The van der Waals surface area contributed by atoms with Crippen molar-refractivity contribution in [1.29, 1.82) is 0 Å². The lowest BCUT2D eigenvalue weighted by Gasteiger charge is -2.25. The molecule has 1 fully saturated rings. The Kier molecular flexibility index (Phi) is 7.22. The number of amides is 2. The number of morpholine rings is 1. The maximum absolute atomic E-state index is 12.4. The molecule has 0 radical (unpaired) electrons. The molecule has 0 aliphatic carbocycles. The second kappa shape index (κ2) is 9.63. The maximum atomic E-state index is 12.4. The van der Waals surface area contributed by atoms with E-state index in [2.05, 4.69) is 36.7 Å². The zero-order valence-electron chi connectivity index (χ0n) is 14.9. The molecular weight excluding hydrogens is 452 g/mol. The molecule has 1 aliphatic heterocycles. The summed E-state index contributed by atoms with van der Waals surface area (Å²) in [5.74, 6) is -0.533. The van der Waals surface area contributed by atoms with Gasteiger partial charge in [-0.25, -0.2) is 4.98 Å². The minimum absolute atomic E-state index is 0.199. The minimum Gasteiger partial charge on any atom is -0.378 e. The quantitative estimate of drug-likeness (QED) is 0.631. The largest absolute Gasteiger partial charge is 0.378 e. The molecule has 7 nitrogen and oxygen atoms in total. The van der Waals surface area contributed by atoms with Crippen LogP contribution in [0, 0.1) is 6.92 Å². The van der Waals surface area contributed by atoms with Gasteiger partial charge in [0.2, 0.25) is 5.91 Å². The van der Waals surface area contributed by atoms with Gasteiger partial charge in [0.05, 0.1) is 22.7 Å². The third-order valence-electron chi connectivity index (χ3n) is 4.04. The Morgan fingerprint density at radius 2 is 2.04 bits per heavy atom. The Hall–Kier alpha value is -1.49. The average molecular weight is 473 g/mol. The molecule has 10 heteroatoms. The summed E-state index contributed by atoms with van der Waals surface area (Å²) in [4.78, 5) is 32.6. The lowest BCUT2D eigenvalue weighted by atomic mass is 10.2. The Balaban J connectivity index is 1.44. The number of anilines is 1. The first kappa shape index (κ1) is 20.2. The van der Waals surface area contributed by atoms with Crippen LogP contribution in [-0.4, -0.2) is 43.1 Å². The highest BCUT2D eigenvalue weighted by molar-refractivity contribution is 9.11. The van der Waals surface area contributed by atoms with E-state index in [1.807, 2.05) is 12.1 Å². The maximum Gasteiger partial charge on any atom is 0.281 e. The van der Waals surface area contributed by atoms with Crippen molar-refractivity contribution in [3.63, 3.8) is 0 Å². The summed E-state index contributed by atoms with van der Waals surface area (Å²) >= 11 is 6.43. The number of hydrazine groups is 1. The van der Waals surface area contributed by atoms with Crippen LogP contribution in [-0.2, 0) is 16.0 Å². The molecule has 0 saturated carbocycles. The van der Waals surface area contributed by atoms with E-state index in [1.165, 1.54) is 16.2 Å². The summed E-state index contributed by atoms with van der Waals surface area (Å²) in [5, 5.41) is 0.814. The molecular formula is C17H21BrN4O3S2. The normalized spacial score (nSPS) is 14.2. The predicted molar refractivity (Wildman–Crippen MR) is 110 cm³/mol. The fourth-order valence-electron chi connectivity index (χ4n) is 2.64. The first-order valence-corrected chi connectivity index (χ1v) is 11.1. The molecule has 0 spiro atoms. The molecule has 3 rings (SSSR count). The van der Waals surface area contributed by atoms with Crippen molar-refractivity contribution in [2.24, 2.45) is 0 Å². The van der Waals surface area contributed by atoms with Gasteiger partial charge >= 0.3 is 0 Å². The van der Waals surface area contributed by atoms with E-state index < -0.39 is 0 Å². The zero-order valence-corrected chi connectivity index (χ0v) is 18.1. The van der Waals surface area contributed by atoms with Crippen LogP contribution >= 0.6 is 38.6 Å². The molecule has 0 unspecified atom stereocenters. The molecule has 146 valence electrons. The summed E-state index contributed by atoms with van der Waals surface area (Å²) in [5.41, 5.74) is 5.65. The van der Waals surface area contributed by atoms with Crippen LogP contribution in [0.3, 0.4) is 0 Å². The Morgan fingerprint density at radius 1 is 1.26 bits per heavy atom. The predicted octanol–water partition coefficient (Wildman–Crippen LogP) is 2.90. The molecule has 0 bridgehead atoms. The molecule has 2 aromatic heterocycles. The summed E-state index contributed by atoms with van der Waals surface area (Å²) in [6.45, 7) is 4.67. The standard InChI is InChI=1S/C17H21BrN4O3S2/c1-11-15(27-17(19-11)22-7-9-25-10-8-22)16(24)21-20-14(23)4-2-3-12-5-6-13(18)26-12/h5-6H,2-4,7-10H2,1H3,(H,20,23)(H,21,24). The number of ether oxygens (including phenoxy) is 1. The summed E-state index contributed by atoms with van der Waals surface area (Å²) in [7, 11) is 0. The van der Waals surface area contributed by atoms with E-state index in [-0.39, 0.29) is 11.8 Å². The number of rotatable bonds is 6. The average Bonchev–Trinajstić information content (AvgIpc) is 3.26. The second-order valence-electron chi connectivity index (χ2n) is 6.07. The molecule has 0 aromatic carbocycles. The number of aryl methyl sites for hydroxylation is 2. The van der Waals surface area contributed by atoms with Gasteiger partial charge in [0, 0.05) is 24.4 Å². The molecule has 2 amide bonds. The van der Waals surface area contributed by atoms with E-state index in [0.717, 1.165) is 34.8 Å². The van der Waals surface area contributed by atoms with Gasteiger partial charge in [-0.05, 0) is 47.8 Å². The van der Waals surface area contributed by atoms with Gasteiger partial charge in [0.25, 0.3) is 5.91 Å². The minimum atomic E-state index is -0.333. The summed E-state index contributed by atoms with van der Waals surface area (Å²) in [6, 6.07) is 4.05. The monoisotopic (exact) mass is 472 g/mol. The fraction of sp³-hybridized carbons (Fsp3) is 0.471. The van der Waals surface area contributed by atoms with Crippen molar-refractivity contribution in [2.75, 3.05) is 31.2 Å². The van der Waals surface area contributed by atoms with E-state index in [9.17, 15) is 9.59 Å². The first-order valence-electron chi connectivity index (χ1n) is 8.66. The van der Waals surface area contributed by atoms with Gasteiger partial charge in [-0.3, -0.25) is 20.4 Å². The van der Waals surface area contributed by atoms with Crippen LogP contribution in [0.4, 0.5) is 5.13 Å². The van der Waals surface area contributed by atoms with Crippen molar-refractivity contribution in [3.05, 3.63) is 31.4 Å². The third kappa shape index (κ3) is 5.74. The topological polar surface area (TPSA) is 83.6 Å². The summed E-state index contributed by atoms with van der Waals surface area (Å²) < 4.78 is 6.43. The van der Waals surface area contributed by atoms with Gasteiger partial charge in [-0.1, -0.05) is 11.3 Å². The van der Waals surface area contributed by atoms with Gasteiger partial charge in [0.15, 0.2) is 5.13 Å². The Morgan fingerprint density at radius 3 is 2.74 bits per heavy atom. The second-order valence-corrected chi connectivity index (χ2v) is 9.60. The van der Waals surface area contributed by atoms with Gasteiger partial charge in [0.1, 0.15) is 4.88 Å². The third-order valence-corrected chi connectivity index (χ3v) is 6.94. The van der Waals surface area contributed by atoms with E-state index in [1.54, 1.807) is 18.3 Å². The number of nitrogens with zero attached hydrogens (tertiary/aromatic N) is 2. The van der Waals surface area contributed by atoms with Gasteiger partial charge < -0.3 is 9.64 Å². The van der Waals surface area contributed by atoms with E-state index in [0.29, 0.717) is 30.2 Å². The fourth-order valence-corrected chi connectivity index (χ4v) is 5.18. The van der Waals surface area contributed by atoms with Crippen LogP contribution in [0.15, 0.2) is 15.9 Å². The summed E-state index contributed by atoms with van der Waals surface area (Å²) in [6.07, 6.45) is 1.93. The Labute approximate surface area is 174 Å². The van der Waals surface area contributed by atoms with Gasteiger partial charge in [-0.15, -0.1) is 11.3 Å². The zero-order chi connectivity index (χ0) is 19.2. The number of nitrogens with one attached hydrogen (secondary N) is 2. The number of aromatic nitrogens is 1. The van der Waals surface area contributed by atoms with Crippen LogP contribution in [0.5, 0.6) is 0 Å². The molecule has 3 heterocycles. The molecule has 2 N–H and O–H groups in total. The van der Waals surface area contributed by atoms with Crippen molar-refractivity contribution >= 4 is 55.5 Å². The van der Waals surface area contributed by atoms with Gasteiger partial charge in [-0.2, -0.15) is 0 Å². The van der Waals surface area contributed by atoms with Crippen LogP contribution in [0.1, 0.15) is 33.1 Å². The lowest BCUT2D eigenvalue weighted by Crippen LogP contribution is -2.41. The van der Waals surface area contributed by atoms with E-state index in [4.69, 9.17) is 4.74 Å². The number of carbonyl (C=O) groups excluding carboxylic acids is 2. The highest BCUT2D eigenvalue weighted by atomic mass is 79.9. The highest BCUT2D eigenvalue weighted by Crippen LogP contribution is 2.26. The van der Waals surface area contributed by atoms with E-state index >= 15 is 0 Å². The highest BCUT2D eigenvalue weighted by Gasteiger charge is 2.20. The number of thiazole rings is 1. The lowest BCUT2D eigenvalue weighted by molar-refractivity contribution is -0.121. The van der Waals surface area contributed by atoms with Crippen molar-refractivity contribution in [3.8, 4) is 0 Å². The smallest absolute Gasteiger partial charge is 0.281 e. The molecule has 27 heavy (non-hydrogen) atoms. The van der Waals surface area contributed by atoms with Crippen LogP contribution < -0.4 is 15.8 Å². The number of hydrogen-bond donors (Lipinski definition) is 2.